The van der Waals surface area contributed by atoms with Gasteiger partial charge in [-0.1, -0.05) is 6.07 Å². The second kappa shape index (κ2) is 5.18. The molecule has 0 atom stereocenters. The van der Waals surface area contributed by atoms with Crippen LogP contribution in [0.3, 0.4) is 0 Å². The van der Waals surface area contributed by atoms with E-state index in [-0.39, 0.29) is 6.10 Å². The molecule has 0 aliphatic carbocycles. The molecule has 2 aromatic carbocycles. The minimum Gasteiger partial charge on any atom is -0.491 e. The first kappa shape index (κ1) is 13.2. The Labute approximate surface area is 112 Å². The smallest absolute Gasteiger partial charge is 0.339 e. The number of benzene rings is 2. The maximum absolute atomic E-state index is 11.6. The van der Waals surface area contributed by atoms with Crippen LogP contribution in [0.1, 0.15) is 24.2 Å². The van der Waals surface area contributed by atoms with Crippen molar-refractivity contribution < 1.29 is 14.3 Å². The number of hydrogen-bond acceptors (Lipinski definition) is 4. The highest BCUT2D eigenvalue weighted by molar-refractivity contribution is 6.01. The molecule has 0 saturated carbocycles. The predicted octanol–water partition coefficient (Wildman–Crippen LogP) is 3.00. The van der Waals surface area contributed by atoms with E-state index in [9.17, 15) is 4.79 Å². The summed E-state index contributed by atoms with van der Waals surface area (Å²) < 4.78 is 10.3. The van der Waals surface area contributed by atoms with Crippen molar-refractivity contribution in [2.24, 2.45) is 0 Å². The van der Waals surface area contributed by atoms with Gasteiger partial charge in [-0.2, -0.15) is 0 Å². The number of hydrogen-bond donors (Lipinski definition) is 1. The van der Waals surface area contributed by atoms with Crippen molar-refractivity contribution in [1.82, 2.24) is 0 Å². The van der Waals surface area contributed by atoms with Crippen molar-refractivity contribution >= 4 is 22.4 Å². The summed E-state index contributed by atoms with van der Waals surface area (Å²) in [7, 11) is 1.34. The number of esters is 1. The van der Waals surface area contributed by atoms with Crippen LogP contribution in [0.5, 0.6) is 5.75 Å². The maximum atomic E-state index is 11.6. The molecule has 2 N–H and O–H groups in total. The third-order valence-corrected chi connectivity index (χ3v) is 2.76. The number of anilines is 1. The van der Waals surface area contributed by atoms with Gasteiger partial charge in [-0.05, 0) is 48.9 Å². The molecular weight excluding hydrogens is 242 g/mol. The zero-order valence-corrected chi connectivity index (χ0v) is 11.3. The van der Waals surface area contributed by atoms with Gasteiger partial charge in [0.15, 0.2) is 0 Å². The average Bonchev–Trinajstić information content (AvgIpc) is 2.36. The number of nitrogen functional groups attached to an aromatic ring is 1. The predicted molar refractivity (Wildman–Crippen MR) is 75.5 cm³/mol. The Kier molecular flexibility index (Phi) is 3.60. The maximum Gasteiger partial charge on any atom is 0.339 e. The normalized spacial score (nSPS) is 10.7. The first-order valence-corrected chi connectivity index (χ1v) is 6.09. The third-order valence-electron chi connectivity index (χ3n) is 2.76. The Balaban J connectivity index is 2.51. The van der Waals surface area contributed by atoms with Crippen LogP contribution in [0.25, 0.3) is 10.8 Å². The van der Waals surface area contributed by atoms with Gasteiger partial charge in [0.1, 0.15) is 5.75 Å². The number of carbonyl (C=O) groups is 1. The van der Waals surface area contributed by atoms with Crippen molar-refractivity contribution in [2.45, 2.75) is 20.0 Å². The topological polar surface area (TPSA) is 61.5 Å². The first-order valence-electron chi connectivity index (χ1n) is 6.09. The van der Waals surface area contributed by atoms with E-state index in [1.165, 1.54) is 7.11 Å². The standard InChI is InChI=1S/C15H17NO3/c1-9(2)19-12-5-4-10-8-14(16)13(15(17)18-3)7-11(10)6-12/h4-9H,16H2,1-3H3. The lowest BCUT2D eigenvalue weighted by Crippen LogP contribution is -2.06. The molecule has 4 heteroatoms. The summed E-state index contributed by atoms with van der Waals surface area (Å²) in [6, 6.07) is 9.19. The first-order chi connectivity index (χ1) is 9.01. The second-order valence-corrected chi connectivity index (χ2v) is 4.61. The Hall–Kier alpha value is -2.23. The lowest BCUT2D eigenvalue weighted by Gasteiger charge is -2.11. The lowest BCUT2D eigenvalue weighted by molar-refractivity contribution is 0.0602. The average molecular weight is 259 g/mol. The summed E-state index contributed by atoms with van der Waals surface area (Å²) in [4.78, 5) is 11.6. The van der Waals surface area contributed by atoms with E-state index >= 15 is 0 Å². The molecule has 0 saturated heterocycles. The van der Waals surface area contributed by atoms with Gasteiger partial charge in [0.25, 0.3) is 0 Å². The summed E-state index contributed by atoms with van der Waals surface area (Å²) in [6.45, 7) is 3.93. The van der Waals surface area contributed by atoms with Crippen molar-refractivity contribution in [3.63, 3.8) is 0 Å². The number of fused-ring (bicyclic) bond motifs is 1. The van der Waals surface area contributed by atoms with E-state index in [0.717, 1.165) is 16.5 Å². The monoisotopic (exact) mass is 259 g/mol. The Morgan fingerprint density at radius 1 is 1.16 bits per heavy atom. The molecule has 0 spiro atoms. The molecule has 2 rings (SSSR count). The van der Waals surface area contributed by atoms with Gasteiger partial charge < -0.3 is 15.2 Å². The Morgan fingerprint density at radius 3 is 2.53 bits per heavy atom. The van der Waals surface area contributed by atoms with Gasteiger partial charge in [-0.15, -0.1) is 0 Å². The molecule has 0 radical (unpaired) electrons. The summed E-state index contributed by atoms with van der Waals surface area (Å²) in [5, 5.41) is 1.86. The van der Waals surface area contributed by atoms with Gasteiger partial charge in [0.2, 0.25) is 0 Å². The fourth-order valence-electron chi connectivity index (χ4n) is 1.93. The van der Waals surface area contributed by atoms with E-state index in [2.05, 4.69) is 0 Å². The number of nitrogens with two attached hydrogens (primary N) is 1. The van der Waals surface area contributed by atoms with Gasteiger partial charge in [-0.3, -0.25) is 0 Å². The van der Waals surface area contributed by atoms with E-state index in [4.69, 9.17) is 15.2 Å². The van der Waals surface area contributed by atoms with E-state index < -0.39 is 5.97 Å². The van der Waals surface area contributed by atoms with Crippen LogP contribution >= 0.6 is 0 Å². The number of rotatable bonds is 3. The van der Waals surface area contributed by atoms with Crippen LogP contribution in [0.2, 0.25) is 0 Å². The largest absolute Gasteiger partial charge is 0.491 e. The number of ether oxygens (including phenoxy) is 2. The number of methoxy groups -OCH3 is 1. The molecule has 100 valence electrons. The molecule has 4 nitrogen and oxygen atoms in total. The molecule has 0 aliphatic heterocycles. The van der Waals surface area contributed by atoms with E-state index in [1.807, 2.05) is 32.0 Å². The van der Waals surface area contributed by atoms with Gasteiger partial charge in [0.05, 0.1) is 18.8 Å². The quantitative estimate of drug-likeness (QED) is 0.680. The third kappa shape index (κ3) is 2.78. The highest BCUT2D eigenvalue weighted by Crippen LogP contribution is 2.26. The summed E-state index contributed by atoms with van der Waals surface area (Å²) in [5.41, 5.74) is 6.64. The fourth-order valence-corrected chi connectivity index (χ4v) is 1.93. The van der Waals surface area contributed by atoms with Crippen LogP contribution in [-0.2, 0) is 4.74 Å². The van der Waals surface area contributed by atoms with Crippen molar-refractivity contribution in [1.29, 1.82) is 0 Å². The van der Waals surface area contributed by atoms with Crippen molar-refractivity contribution in [3.05, 3.63) is 35.9 Å². The van der Waals surface area contributed by atoms with E-state index in [0.29, 0.717) is 11.3 Å². The van der Waals surface area contributed by atoms with Crippen LogP contribution in [0, 0.1) is 0 Å². The molecule has 2 aromatic rings. The summed E-state index contributed by atoms with van der Waals surface area (Å²) >= 11 is 0. The zero-order valence-electron chi connectivity index (χ0n) is 11.3. The molecular formula is C15H17NO3. The molecule has 0 bridgehead atoms. The van der Waals surface area contributed by atoms with Crippen LogP contribution in [0.15, 0.2) is 30.3 Å². The highest BCUT2D eigenvalue weighted by Gasteiger charge is 2.11. The van der Waals surface area contributed by atoms with Crippen LogP contribution in [-0.4, -0.2) is 19.2 Å². The molecule has 0 unspecified atom stereocenters. The molecule has 0 fully saturated rings. The zero-order chi connectivity index (χ0) is 14.0. The number of carbonyl (C=O) groups excluding carboxylic acids is 1. The summed E-state index contributed by atoms with van der Waals surface area (Å²) in [6.07, 6.45) is 0.103. The molecule has 19 heavy (non-hydrogen) atoms. The van der Waals surface area contributed by atoms with Gasteiger partial charge in [0, 0.05) is 5.69 Å². The Morgan fingerprint density at radius 2 is 1.89 bits per heavy atom. The van der Waals surface area contributed by atoms with Crippen LogP contribution < -0.4 is 10.5 Å². The second-order valence-electron chi connectivity index (χ2n) is 4.61. The minimum atomic E-state index is -0.436. The molecule has 0 heterocycles. The Bertz CT molecular complexity index is 620. The molecule has 0 amide bonds. The summed E-state index contributed by atoms with van der Waals surface area (Å²) in [5.74, 6) is 0.331. The fraction of sp³-hybridized carbons (Fsp3) is 0.267. The molecule has 0 aromatic heterocycles. The lowest BCUT2D eigenvalue weighted by atomic mass is 10.0. The van der Waals surface area contributed by atoms with Gasteiger partial charge >= 0.3 is 5.97 Å². The van der Waals surface area contributed by atoms with Crippen molar-refractivity contribution in [2.75, 3.05) is 12.8 Å². The van der Waals surface area contributed by atoms with Crippen molar-refractivity contribution in [3.8, 4) is 5.75 Å². The van der Waals surface area contributed by atoms with Gasteiger partial charge in [-0.25, -0.2) is 4.79 Å². The molecule has 0 aliphatic rings. The van der Waals surface area contributed by atoms with Crippen LogP contribution in [0.4, 0.5) is 5.69 Å². The minimum absolute atomic E-state index is 0.103. The highest BCUT2D eigenvalue weighted by atomic mass is 16.5. The SMILES string of the molecule is COC(=O)c1cc2cc(OC(C)C)ccc2cc1N. The van der Waals surface area contributed by atoms with E-state index in [1.54, 1.807) is 12.1 Å².